The highest BCUT2D eigenvalue weighted by atomic mass is 15.2. The van der Waals surface area contributed by atoms with Gasteiger partial charge in [-0.15, -0.1) is 0 Å². The minimum atomic E-state index is -0.100. The molecule has 2 aliphatic rings. The third-order valence-corrected chi connectivity index (χ3v) is 13.5. The van der Waals surface area contributed by atoms with E-state index in [1.165, 1.54) is 88.9 Å². The molecule has 0 fully saturated rings. The second-order valence-electron chi connectivity index (χ2n) is 17.3. The number of benzene rings is 9. The van der Waals surface area contributed by atoms with E-state index in [4.69, 9.17) is 0 Å². The lowest BCUT2D eigenvalue weighted by atomic mass is 9.82. The first kappa shape index (κ1) is 36.2. The SMILES string of the molecule is CC1(C)c2ccccc2-c2ccc(N(c3ccc(-c4ccccc4)cc3)c3ccc(-c4ccc5c(c4)c4ccc6c(c4n5-c4ccccc4)N(c4ccccc4)CC6)cc3)cc21. The summed E-state index contributed by atoms with van der Waals surface area (Å²) in [5, 5.41) is 2.53. The second kappa shape index (κ2) is 14.2. The molecule has 0 saturated carbocycles. The molecule has 9 aromatic carbocycles. The number of nitrogens with zero attached hydrogens (tertiary/aromatic N) is 3. The van der Waals surface area contributed by atoms with Crippen LogP contribution in [0.1, 0.15) is 30.5 Å². The molecule has 0 amide bonds. The quantitative estimate of drug-likeness (QED) is 0.159. The fourth-order valence-corrected chi connectivity index (χ4v) is 10.4. The number of hydrogen-bond donors (Lipinski definition) is 0. The highest BCUT2D eigenvalue weighted by Crippen LogP contribution is 2.51. The highest BCUT2D eigenvalue weighted by Gasteiger charge is 2.36. The first-order valence-corrected chi connectivity index (χ1v) is 21.8. The van der Waals surface area contributed by atoms with Crippen molar-refractivity contribution in [3.05, 3.63) is 229 Å². The number of para-hydroxylation sites is 2. The summed E-state index contributed by atoms with van der Waals surface area (Å²) in [5.41, 5.74) is 21.1. The van der Waals surface area contributed by atoms with Gasteiger partial charge in [-0.1, -0.05) is 153 Å². The molecule has 2 heterocycles. The molecule has 10 aromatic rings. The molecule has 0 atom stereocenters. The Hall–Kier alpha value is -7.62. The Bertz CT molecular complexity index is 3290. The van der Waals surface area contributed by atoms with Gasteiger partial charge >= 0.3 is 0 Å². The van der Waals surface area contributed by atoms with Crippen LogP contribution in [0.3, 0.4) is 0 Å². The van der Waals surface area contributed by atoms with E-state index < -0.39 is 0 Å². The first-order valence-electron chi connectivity index (χ1n) is 21.8. The van der Waals surface area contributed by atoms with Crippen molar-refractivity contribution in [3.8, 4) is 39.1 Å². The van der Waals surface area contributed by atoms with Crippen LogP contribution in [0.5, 0.6) is 0 Å². The van der Waals surface area contributed by atoms with Gasteiger partial charge in [-0.2, -0.15) is 0 Å². The zero-order valence-corrected chi connectivity index (χ0v) is 35.0. The Morgan fingerprint density at radius 1 is 0.435 bits per heavy atom. The first-order chi connectivity index (χ1) is 30.5. The molecular formula is C59H45N3. The van der Waals surface area contributed by atoms with Crippen LogP contribution in [0, 0.1) is 0 Å². The number of aromatic nitrogens is 1. The van der Waals surface area contributed by atoms with E-state index in [0.29, 0.717) is 0 Å². The molecule has 1 aromatic heterocycles. The van der Waals surface area contributed by atoms with E-state index >= 15 is 0 Å². The fraction of sp³-hybridized carbons (Fsp3) is 0.0847. The lowest BCUT2D eigenvalue weighted by molar-refractivity contribution is 0.660. The van der Waals surface area contributed by atoms with Gasteiger partial charge < -0.3 is 14.4 Å². The summed E-state index contributed by atoms with van der Waals surface area (Å²) in [6.07, 6.45) is 1.03. The van der Waals surface area contributed by atoms with Crippen molar-refractivity contribution >= 4 is 50.2 Å². The minimum absolute atomic E-state index is 0.100. The Kier molecular flexibility index (Phi) is 8.33. The topological polar surface area (TPSA) is 11.4 Å². The van der Waals surface area contributed by atoms with Crippen LogP contribution in [-0.4, -0.2) is 11.1 Å². The minimum Gasteiger partial charge on any atom is -0.339 e. The predicted octanol–water partition coefficient (Wildman–Crippen LogP) is 15.6. The smallest absolute Gasteiger partial charge is 0.0781 e. The van der Waals surface area contributed by atoms with E-state index in [1.54, 1.807) is 0 Å². The van der Waals surface area contributed by atoms with Crippen LogP contribution in [0.15, 0.2) is 212 Å². The van der Waals surface area contributed by atoms with Crippen LogP contribution < -0.4 is 9.80 Å². The molecule has 1 aliphatic carbocycles. The summed E-state index contributed by atoms with van der Waals surface area (Å²) in [5.74, 6) is 0. The number of fused-ring (bicyclic) bond motifs is 8. The van der Waals surface area contributed by atoms with Crippen molar-refractivity contribution in [1.29, 1.82) is 0 Å². The summed E-state index contributed by atoms with van der Waals surface area (Å²) in [6, 6.07) is 78.2. The molecule has 0 unspecified atom stereocenters. The van der Waals surface area contributed by atoms with Crippen molar-refractivity contribution in [1.82, 2.24) is 4.57 Å². The lowest BCUT2D eigenvalue weighted by Crippen LogP contribution is -2.16. The van der Waals surface area contributed by atoms with Crippen LogP contribution in [0.25, 0.3) is 60.9 Å². The van der Waals surface area contributed by atoms with Crippen LogP contribution in [-0.2, 0) is 11.8 Å². The molecule has 0 radical (unpaired) electrons. The van der Waals surface area contributed by atoms with Crippen LogP contribution in [0.4, 0.5) is 28.4 Å². The van der Waals surface area contributed by atoms with Gasteiger partial charge in [-0.25, -0.2) is 0 Å². The van der Waals surface area contributed by atoms with Crippen molar-refractivity contribution in [2.45, 2.75) is 25.7 Å². The van der Waals surface area contributed by atoms with Gasteiger partial charge in [0.2, 0.25) is 0 Å². The van der Waals surface area contributed by atoms with Crippen LogP contribution >= 0.6 is 0 Å². The van der Waals surface area contributed by atoms with Crippen molar-refractivity contribution in [3.63, 3.8) is 0 Å². The van der Waals surface area contributed by atoms with Gasteiger partial charge in [0.1, 0.15) is 0 Å². The van der Waals surface area contributed by atoms with E-state index in [-0.39, 0.29) is 5.41 Å². The van der Waals surface area contributed by atoms with Gasteiger partial charge in [0.15, 0.2) is 0 Å². The van der Waals surface area contributed by atoms with Crippen LogP contribution in [0.2, 0.25) is 0 Å². The maximum Gasteiger partial charge on any atom is 0.0781 e. The third kappa shape index (κ3) is 5.73. The Morgan fingerprint density at radius 3 is 1.71 bits per heavy atom. The fourth-order valence-electron chi connectivity index (χ4n) is 10.4. The van der Waals surface area contributed by atoms with E-state index in [1.807, 2.05) is 0 Å². The zero-order chi connectivity index (χ0) is 41.4. The summed E-state index contributed by atoms with van der Waals surface area (Å²) >= 11 is 0. The Balaban J connectivity index is 0.972. The van der Waals surface area contributed by atoms with Crippen molar-refractivity contribution in [2.24, 2.45) is 0 Å². The van der Waals surface area contributed by atoms with Gasteiger partial charge in [-0.05, 0) is 129 Å². The van der Waals surface area contributed by atoms with Gasteiger partial charge in [0.05, 0.1) is 16.7 Å². The molecule has 0 N–H and O–H groups in total. The largest absolute Gasteiger partial charge is 0.339 e. The molecule has 1 aliphatic heterocycles. The maximum absolute atomic E-state index is 2.51. The normalized spacial score (nSPS) is 13.6. The summed E-state index contributed by atoms with van der Waals surface area (Å²) in [7, 11) is 0. The van der Waals surface area contributed by atoms with Gasteiger partial charge in [0.25, 0.3) is 0 Å². The monoisotopic (exact) mass is 795 g/mol. The molecule has 0 spiro atoms. The molecule has 12 rings (SSSR count). The van der Waals surface area contributed by atoms with Gasteiger partial charge in [-0.3, -0.25) is 0 Å². The molecular weight excluding hydrogens is 751 g/mol. The maximum atomic E-state index is 2.51. The molecule has 3 nitrogen and oxygen atoms in total. The number of hydrogen-bond acceptors (Lipinski definition) is 2. The number of rotatable bonds is 7. The second-order valence-corrected chi connectivity index (χ2v) is 17.3. The standard InChI is InChI=1S/C59H45N3/c1-59(2)54-21-13-12-20-50(54)51-34-32-49(39-55(51)59)61(47-28-22-41(23-29-47)40-14-6-3-7-15-40)48-30-24-42(25-31-48)44-27-35-56-53(38-44)52-33-26-43-36-37-60(45-16-8-4-9-17-45)57(43)58(52)62(56)46-18-10-5-11-19-46/h3-35,38-39H,36-37H2,1-2H3. The lowest BCUT2D eigenvalue weighted by Gasteiger charge is -2.28. The highest BCUT2D eigenvalue weighted by molar-refractivity contribution is 6.15. The molecule has 62 heavy (non-hydrogen) atoms. The van der Waals surface area contributed by atoms with Crippen molar-refractivity contribution in [2.75, 3.05) is 16.3 Å². The third-order valence-electron chi connectivity index (χ3n) is 13.5. The summed E-state index contributed by atoms with van der Waals surface area (Å²) in [4.78, 5) is 4.92. The van der Waals surface area contributed by atoms with Crippen molar-refractivity contribution < 1.29 is 0 Å². The molecule has 296 valence electrons. The zero-order valence-electron chi connectivity index (χ0n) is 35.0. The predicted molar refractivity (Wildman–Crippen MR) is 261 cm³/mol. The average Bonchev–Trinajstić information content (AvgIpc) is 3.98. The van der Waals surface area contributed by atoms with Gasteiger partial charge in [0, 0.05) is 51.2 Å². The van der Waals surface area contributed by atoms with E-state index in [0.717, 1.165) is 30.0 Å². The molecule has 0 saturated heterocycles. The molecule has 3 heteroatoms. The van der Waals surface area contributed by atoms with E-state index in [2.05, 4.69) is 241 Å². The summed E-state index contributed by atoms with van der Waals surface area (Å²) in [6.45, 7) is 5.68. The Morgan fingerprint density at radius 2 is 1.00 bits per heavy atom. The molecule has 0 bridgehead atoms. The number of anilines is 5. The Labute approximate surface area is 363 Å². The average molecular weight is 796 g/mol. The summed E-state index contributed by atoms with van der Waals surface area (Å²) < 4.78 is 2.48. The van der Waals surface area contributed by atoms with E-state index in [9.17, 15) is 0 Å².